The number of nitrogens with zero attached hydrogens (tertiary/aromatic N) is 2. The second kappa shape index (κ2) is 4.37. The summed E-state index contributed by atoms with van der Waals surface area (Å²) in [5.74, 6) is 0.265. The summed E-state index contributed by atoms with van der Waals surface area (Å²) in [6.07, 6.45) is 1.76. The third-order valence-corrected chi connectivity index (χ3v) is 2.59. The Hall–Kier alpha value is -1.81. The summed E-state index contributed by atoms with van der Waals surface area (Å²) in [7, 11) is 0. The number of phenolic OH excluding ortho intramolecular Hbond substituents is 1. The second-order valence-corrected chi connectivity index (χ2v) is 3.79. The molecule has 1 heterocycles. The molecule has 0 spiro atoms. The van der Waals surface area contributed by atoms with Crippen LogP contribution in [0.1, 0.15) is 13.0 Å². The molecule has 84 valence electrons. The molecule has 4 nitrogen and oxygen atoms in total. The Labute approximate surface area is 94.3 Å². The lowest BCUT2D eigenvalue weighted by atomic mass is 10.1. The molecule has 0 radical (unpaired) electrons. The maximum absolute atomic E-state index is 9.24. The van der Waals surface area contributed by atoms with Gasteiger partial charge in [0.2, 0.25) is 0 Å². The Balaban J connectivity index is 2.40. The predicted octanol–water partition coefficient (Wildman–Crippen LogP) is 1.78. The lowest BCUT2D eigenvalue weighted by Crippen LogP contribution is -2.17. The molecule has 0 fully saturated rings. The normalized spacial score (nSPS) is 12.6. The SMILES string of the molecule is CC(CN)n1nccc1-c1ccc(O)cc1. The molecule has 0 aliphatic heterocycles. The van der Waals surface area contributed by atoms with Crippen LogP contribution in [-0.2, 0) is 0 Å². The molecule has 4 heteroatoms. The Kier molecular flexibility index (Phi) is 2.92. The summed E-state index contributed by atoms with van der Waals surface area (Å²) in [6, 6.07) is 9.18. The van der Waals surface area contributed by atoms with E-state index in [1.54, 1.807) is 18.3 Å². The van der Waals surface area contributed by atoms with Gasteiger partial charge in [-0.3, -0.25) is 4.68 Å². The van der Waals surface area contributed by atoms with Crippen LogP contribution in [0.3, 0.4) is 0 Å². The van der Waals surface area contributed by atoms with Gasteiger partial charge in [0, 0.05) is 18.3 Å². The van der Waals surface area contributed by atoms with Crippen molar-refractivity contribution in [2.24, 2.45) is 5.73 Å². The summed E-state index contributed by atoms with van der Waals surface area (Å²) in [4.78, 5) is 0. The second-order valence-electron chi connectivity index (χ2n) is 3.79. The van der Waals surface area contributed by atoms with Gasteiger partial charge in [0.15, 0.2) is 0 Å². The van der Waals surface area contributed by atoms with Crippen LogP contribution in [0, 0.1) is 0 Å². The van der Waals surface area contributed by atoms with E-state index in [0.29, 0.717) is 6.54 Å². The van der Waals surface area contributed by atoms with Crippen molar-refractivity contribution in [3.8, 4) is 17.0 Å². The van der Waals surface area contributed by atoms with E-state index in [9.17, 15) is 5.11 Å². The third-order valence-electron chi connectivity index (χ3n) is 2.59. The van der Waals surface area contributed by atoms with Gasteiger partial charge in [0.1, 0.15) is 5.75 Å². The molecular formula is C12H15N3O. The number of benzene rings is 1. The first-order chi connectivity index (χ1) is 7.72. The van der Waals surface area contributed by atoms with Gasteiger partial charge >= 0.3 is 0 Å². The summed E-state index contributed by atoms with van der Waals surface area (Å²) >= 11 is 0. The van der Waals surface area contributed by atoms with Gasteiger partial charge in [-0.1, -0.05) is 0 Å². The van der Waals surface area contributed by atoms with Gasteiger partial charge in [-0.2, -0.15) is 5.10 Å². The molecule has 16 heavy (non-hydrogen) atoms. The van der Waals surface area contributed by atoms with Crippen molar-refractivity contribution in [1.29, 1.82) is 0 Å². The minimum atomic E-state index is 0.166. The summed E-state index contributed by atoms with van der Waals surface area (Å²) < 4.78 is 1.90. The van der Waals surface area contributed by atoms with Crippen LogP contribution in [0.5, 0.6) is 5.75 Å². The zero-order valence-electron chi connectivity index (χ0n) is 9.17. The summed E-state index contributed by atoms with van der Waals surface area (Å²) in [5.41, 5.74) is 7.67. The largest absolute Gasteiger partial charge is 0.508 e. The Bertz CT molecular complexity index is 461. The zero-order valence-corrected chi connectivity index (χ0v) is 9.17. The maximum Gasteiger partial charge on any atom is 0.115 e. The fourth-order valence-corrected chi connectivity index (χ4v) is 1.63. The van der Waals surface area contributed by atoms with Gasteiger partial charge < -0.3 is 10.8 Å². The molecule has 0 aliphatic rings. The number of phenols is 1. The van der Waals surface area contributed by atoms with E-state index in [2.05, 4.69) is 5.10 Å². The molecule has 0 saturated heterocycles. The number of aromatic nitrogens is 2. The van der Waals surface area contributed by atoms with Gasteiger partial charge in [-0.05, 0) is 37.3 Å². The Morgan fingerprint density at radius 2 is 2.00 bits per heavy atom. The van der Waals surface area contributed by atoms with Crippen LogP contribution in [0.25, 0.3) is 11.3 Å². The highest BCUT2D eigenvalue weighted by Gasteiger charge is 2.09. The predicted molar refractivity (Wildman–Crippen MR) is 63.1 cm³/mol. The van der Waals surface area contributed by atoms with E-state index in [1.807, 2.05) is 29.8 Å². The number of nitrogens with two attached hydrogens (primary N) is 1. The van der Waals surface area contributed by atoms with Crippen LogP contribution in [-0.4, -0.2) is 21.4 Å². The van der Waals surface area contributed by atoms with Crippen molar-refractivity contribution in [3.05, 3.63) is 36.5 Å². The van der Waals surface area contributed by atoms with Gasteiger partial charge in [0.25, 0.3) is 0 Å². The number of rotatable bonds is 3. The summed E-state index contributed by atoms with van der Waals surface area (Å²) in [6.45, 7) is 2.57. The highest BCUT2D eigenvalue weighted by molar-refractivity contribution is 5.60. The fraction of sp³-hybridized carbons (Fsp3) is 0.250. The Morgan fingerprint density at radius 1 is 1.31 bits per heavy atom. The van der Waals surface area contributed by atoms with E-state index in [1.165, 1.54) is 0 Å². The first-order valence-corrected chi connectivity index (χ1v) is 5.25. The molecule has 0 bridgehead atoms. The molecule has 3 N–H and O–H groups in total. The van der Waals surface area contributed by atoms with E-state index < -0.39 is 0 Å². The van der Waals surface area contributed by atoms with Gasteiger partial charge in [-0.15, -0.1) is 0 Å². The highest BCUT2D eigenvalue weighted by Crippen LogP contribution is 2.23. The van der Waals surface area contributed by atoms with E-state index in [-0.39, 0.29) is 11.8 Å². The van der Waals surface area contributed by atoms with Crippen LogP contribution in [0.4, 0.5) is 0 Å². The molecule has 0 saturated carbocycles. The van der Waals surface area contributed by atoms with E-state index >= 15 is 0 Å². The average molecular weight is 217 g/mol. The summed E-state index contributed by atoms with van der Waals surface area (Å²) in [5, 5.41) is 13.5. The number of hydrogen-bond donors (Lipinski definition) is 2. The molecular weight excluding hydrogens is 202 g/mol. The van der Waals surface area contributed by atoms with Gasteiger partial charge in [0.05, 0.1) is 11.7 Å². The minimum Gasteiger partial charge on any atom is -0.508 e. The molecule has 1 aromatic carbocycles. The molecule has 1 aromatic heterocycles. The first kappa shape index (κ1) is 10.7. The van der Waals surface area contributed by atoms with Crippen molar-refractivity contribution < 1.29 is 5.11 Å². The maximum atomic E-state index is 9.24. The standard InChI is InChI=1S/C12H15N3O/c1-9(8-13)15-12(6-7-14-15)10-2-4-11(16)5-3-10/h2-7,9,16H,8,13H2,1H3. The lowest BCUT2D eigenvalue weighted by Gasteiger charge is -2.13. The van der Waals surface area contributed by atoms with Crippen LogP contribution in [0.15, 0.2) is 36.5 Å². The number of aromatic hydroxyl groups is 1. The minimum absolute atomic E-state index is 0.166. The van der Waals surface area contributed by atoms with Crippen molar-refractivity contribution in [1.82, 2.24) is 9.78 Å². The van der Waals surface area contributed by atoms with E-state index in [0.717, 1.165) is 11.3 Å². The molecule has 1 unspecified atom stereocenters. The van der Waals surface area contributed by atoms with E-state index in [4.69, 9.17) is 5.73 Å². The quantitative estimate of drug-likeness (QED) is 0.823. The fourth-order valence-electron chi connectivity index (χ4n) is 1.63. The molecule has 0 aliphatic carbocycles. The topological polar surface area (TPSA) is 64.1 Å². The Morgan fingerprint density at radius 3 is 2.62 bits per heavy atom. The highest BCUT2D eigenvalue weighted by atomic mass is 16.3. The first-order valence-electron chi connectivity index (χ1n) is 5.25. The van der Waals surface area contributed by atoms with Crippen LogP contribution < -0.4 is 5.73 Å². The van der Waals surface area contributed by atoms with Crippen molar-refractivity contribution >= 4 is 0 Å². The molecule has 2 rings (SSSR count). The average Bonchev–Trinajstić information content (AvgIpc) is 2.78. The van der Waals surface area contributed by atoms with Crippen molar-refractivity contribution in [2.75, 3.05) is 6.54 Å². The monoisotopic (exact) mass is 217 g/mol. The third kappa shape index (κ3) is 1.92. The van der Waals surface area contributed by atoms with Gasteiger partial charge in [-0.25, -0.2) is 0 Å². The van der Waals surface area contributed by atoms with Crippen LogP contribution in [0.2, 0.25) is 0 Å². The smallest absolute Gasteiger partial charge is 0.115 e. The van der Waals surface area contributed by atoms with Crippen molar-refractivity contribution in [2.45, 2.75) is 13.0 Å². The van der Waals surface area contributed by atoms with Crippen LogP contribution >= 0.6 is 0 Å². The molecule has 1 atom stereocenters. The zero-order chi connectivity index (χ0) is 11.5. The number of hydrogen-bond acceptors (Lipinski definition) is 3. The molecule has 2 aromatic rings. The van der Waals surface area contributed by atoms with Crippen molar-refractivity contribution in [3.63, 3.8) is 0 Å². The molecule has 0 amide bonds. The lowest BCUT2D eigenvalue weighted by molar-refractivity contribution is 0.475.